The van der Waals surface area contributed by atoms with Crippen molar-refractivity contribution in [3.63, 3.8) is 0 Å². The molecule has 1 atom stereocenters. The van der Waals surface area contributed by atoms with Crippen molar-refractivity contribution >= 4 is 33.5 Å². The normalized spacial score (nSPS) is 12.2. The summed E-state index contributed by atoms with van der Waals surface area (Å²) >= 11 is 4.88. The summed E-state index contributed by atoms with van der Waals surface area (Å²) in [4.78, 5) is 16.8. The lowest BCUT2D eigenvalue weighted by Crippen LogP contribution is -2.13. The fourth-order valence-electron chi connectivity index (χ4n) is 1.95. The van der Waals surface area contributed by atoms with Gasteiger partial charge in [0.15, 0.2) is 5.78 Å². The van der Waals surface area contributed by atoms with Gasteiger partial charge in [0.2, 0.25) is 0 Å². The van der Waals surface area contributed by atoms with E-state index < -0.39 is 0 Å². The summed E-state index contributed by atoms with van der Waals surface area (Å²) < 4.78 is 0.977. The van der Waals surface area contributed by atoms with Crippen molar-refractivity contribution < 1.29 is 4.79 Å². The highest BCUT2D eigenvalue weighted by atomic mass is 79.9. The molecule has 0 aliphatic carbocycles. The van der Waals surface area contributed by atoms with E-state index >= 15 is 0 Å². The maximum atomic E-state index is 12.4. The summed E-state index contributed by atoms with van der Waals surface area (Å²) in [5, 5.41) is 0.755. The third kappa shape index (κ3) is 3.93. The van der Waals surface area contributed by atoms with Crippen LogP contribution in [0, 0.1) is 13.8 Å². The van der Waals surface area contributed by atoms with E-state index in [1.807, 2.05) is 57.2 Å². The van der Waals surface area contributed by atoms with Gasteiger partial charge in [0, 0.05) is 15.7 Å². The molecule has 0 amide bonds. The van der Waals surface area contributed by atoms with Crippen LogP contribution in [0.3, 0.4) is 0 Å². The van der Waals surface area contributed by atoms with E-state index in [1.165, 1.54) is 17.3 Å². The number of hydrogen-bond acceptors (Lipinski definition) is 3. The van der Waals surface area contributed by atoms with Gasteiger partial charge in [-0.05, 0) is 50.6 Å². The highest BCUT2D eigenvalue weighted by Gasteiger charge is 2.17. The number of aromatic nitrogens is 1. The molecule has 0 saturated carbocycles. The van der Waals surface area contributed by atoms with Crippen molar-refractivity contribution in [1.29, 1.82) is 0 Å². The molecular formula is C16H16BrNOS. The molecule has 2 nitrogen and oxygen atoms in total. The van der Waals surface area contributed by atoms with E-state index in [-0.39, 0.29) is 11.0 Å². The number of nitrogens with zero attached hydrogens (tertiary/aromatic N) is 1. The molecule has 0 spiro atoms. The topological polar surface area (TPSA) is 30.0 Å². The smallest absolute Gasteiger partial charge is 0.175 e. The average molecular weight is 350 g/mol. The van der Waals surface area contributed by atoms with E-state index in [9.17, 15) is 4.79 Å². The molecule has 0 fully saturated rings. The van der Waals surface area contributed by atoms with Gasteiger partial charge in [0.05, 0.1) is 10.3 Å². The Hall–Kier alpha value is -1.13. The molecule has 0 bridgehead atoms. The van der Waals surface area contributed by atoms with Crippen molar-refractivity contribution in [2.24, 2.45) is 0 Å². The SMILES string of the molecule is Cc1cc(C)nc(SC(C)C(=O)c2ccc(Br)cc2)c1. The van der Waals surface area contributed by atoms with Crippen molar-refractivity contribution in [2.45, 2.75) is 31.0 Å². The maximum Gasteiger partial charge on any atom is 0.175 e. The Morgan fingerprint density at radius 1 is 1.20 bits per heavy atom. The minimum atomic E-state index is -0.148. The zero-order valence-electron chi connectivity index (χ0n) is 11.7. The molecule has 1 aromatic heterocycles. The highest BCUT2D eigenvalue weighted by Crippen LogP contribution is 2.25. The van der Waals surface area contributed by atoms with Crippen LogP contribution in [0.2, 0.25) is 0 Å². The number of rotatable bonds is 4. The predicted molar refractivity (Wildman–Crippen MR) is 87.5 cm³/mol. The van der Waals surface area contributed by atoms with Gasteiger partial charge in [-0.25, -0.2) is 4.98 Å². The van der Waals surface area contributed by atoms with Crippen molar-refractivity contribution in [3.05, 3.63) is 57.7 Å². The van der Waals surface area contributed by atoms with Gasteiger partial charge in [-0.15, -0.1) is 0 Å². The van der Waals surface area contributed by atoms with E-state index in [2.05, 4.69) is 20.9 Å². The van der Waals surface area contributed by atoms with Crippen LogP contribution in [0.25, 0.3) is 0 Å². The number of ketones is 1. The van der Waals surface area contributed by atoms with Gasteiger partial charge >= 0.3 is 0 Å². The zero-order valence-corrected chi connectivity index (χ0v) is 14.1. The Morgan fingerprint density at radius 3 is 2.45 bits per heavy atom. The number of carbonyl (C=O) groups excluding carboxylic acids is 1. The van der Waals surface area contributed by atoms with Gasteiger partial charge in [0.25, 0.3) is 0 Å². The first-order valence-corrected chi connectivity index (χ1v) is 8.04. The van der Waals surface area contributed by atoms with Gasteiger partial charge < -0.3 is 0 Å². The summed E-state index contributed by atoms with van der Waals surface area (Å²) in [6.45, 7) is 5.94. The number of aryl methyl sites for hydroxylation is 2. The van der Waals surface area contributed by atoms with Gasteiger partial charge in [-0.3, -0.25) is 4.79 Å². The van der Waals surface area contributed by atoms with Crippen LogP contribution in [0.1, 0.15) is 28.5 Å². The second kappa shape index (κ2) is 6.55. The molecule has 20 heavy (non-hydrogen) atoms. The Kier molecular flexibility index (Phi) is 5.00. The molecule has 0 N–H and O–H groups in total. The summed E-state index contributed by atoms with van der Waals surface area (Å²) in [5.74, 6) is 0.128. The van der Waals surface area contributed by atoms with Gasteiger partial charge in [-0.2, -0.15) is 0 Å². The molecule has 0 aliphatic heterocycles. The first-order chi connectivity index (χ1) is 9.45. The van der Waals surface area contributed by atoms with Crippen LogP contribution >= 0.6 is 27.7 Å². The molecular weight excluding hydrogens is 334 g/mol. The van der Waals surface area contributed by atoms with Crippen molar-refractivity contribution in [1.82, 2.24) is 4.98 Å². The van der Waals surface area contributed by atoms with E-state index in [1.54, 1.807) is 0 Å². The van der Waals surface area contributed by atoms with Crippen molar-refractivity contribution in [2.75, 3.05) is 0 Å². The summed E-state index contributed by atoms with van der Waals surface area (Å²) in [6, 6.07) is 11.5. The first-order valence-electron chi connectivity index (χ1n) is 6.37. The lowest BCUT2D eigenvalue weighted by atomic mass is 10.1. The van der Waals surface area contributed by atoms with Crippen LogP contribution in [0.4, 0.5) is 0 Å². The predicted octanol–water partition coefficient (Wildman–Crippen LogP) is 4.82. The zero-order chi connectivity index (χ0) is 14.7. The second-order valence-corrected chi connectivity index (χ2v) is 7.03. The number of pyridine rings is 1. The summed E-state index contributed by atoms with van der Waals surface area (Å²) in [6.07, 6.45) is 0. The lowest BCUT2D eigenvalue weighted by molar-refractivity contribution is 0.0994. The molecule has 0 radical (unpaired) electrons. The standard InChI is InChI=1S/C16H16BrNOS/c1-10-8-11(2)18-15(9-10)20-12(3)16(19)13-4-6-14(17)7-5-13/h4-9,12H,1-3H3. The summed E-state index contributed by atoms with van der Waals surface area (Å²) in [7, 11) is 0. The number of carbonyl (C=O) groups is 1. The fourth-order valence-corrected chi connectivity index (χ4v) is 3.27. The van der Waals surface area contributed by atoms with Crippen LogP contribution in [-0.4, -0.2) is 16.0 Å². The molecule has 0 saturated heterocycles. The Morgan fingerprint density at radius 2 is 1.85 bits per heavy atom. The Bertz CT molecular complexity index is 605. The summed E-state index contributed by atoms with van der Waals surface area (Å²) in [5.41, 5.74) is 2.89. The highest BCUT2D eigenvalue weighted by molar-refractivity contribution is 9.10. The van der Waals surface area contributed by atoms with E-state index in [4.69, 9.17) is 0 Å². The molecule has 1 aromatic carbocycles. The molecule has 2 aromatic rings. The monoisotopic (exact) mass is 349 g/mol. The minimum Gasteiger partial charge on any atom is -0.293 e. The molecule has 0 aliphatic rings. The lowest BCUT2D eigenvalue weighted by Gasteiger charge is -2.11. The fraction of sp³-hybridized carbons (Fsp3) is 0.250. The second-order valence-electron chi connectivity index (χ2n) is 4.76. The van der Waals surface area contributed by atoms with Crippen molar-refractivity contribution in [3.8, 4) is 0 Å². The third-order valence-corrected chi connectivity index (χ3v) is 4.42. The van der Waals surface area contributed by atoms with Crippen LogP contribution < -0.4 is 0 Å². The van der Waals surface area contributed by atoms with Crippen LogP contribution in [0.15, 0.2) is 45.9 Å². The van der Waals surface area contributed by atoms with Crippen LogP contribution in [-0.2, 0) is 0 Å². The number of Topliss-reactive ketones (excluding diaryl/α,β-unsaturated/α-hetero) is 1. The Balaban J connectivity index is 2.13. The van der Waals surface area contributed by atoms with E-state index in [0.717, 1.165) is 20.8 Å². The Labute approximate surface area is 132 Å². The first kappa shape index (κ1) is 15.3. The third-order valence-electron chi connectivity index (χ3n) is 2.87. The van der Waals surface area contributed by atoms with Crippen LogP contribution in [0.5, 0.6) is 0 Å². The molecule has 104 valence electrons. The molecule has 2 rings (SSSR count). The molecule has 1 unspecified atom stereocenters. The van der Waals surface area contributed by atoms with Gasteiger partial charge in [-0.1, -0.05) is 39.8 Å². The minimum absolute atomic E-state index is 0.128. The number of benzene rings is 1. The number of thioether (sulfide) groups is 1. The quantitative estimate of drug-likeness (QED) is 0.585. The number of hydrogen-bond donors (Lipinski definition) is 0. The van der Waals surface area contributed by atoms with Gasteiger partial charge in [0.1, 0.15) is 0 Å². The maximum absolute atomic E-state index is 12.4. The number of halogens is 1. The largest absolute Gasteiger partial charge is 0.293 e. The van der Waals surface area contributed by atoms with E-state index in [0.29, 0.717) is 0 Å². The molecule has 1 heterocycles. The average Bonchev–Trinajstić information content (AvgIpc) is 2.37. The molecule has 4 heteroatoms.